The van der Waals surface area contributed by atoms with Crippen LogP contribution >= 0.6 is 0 Å². The van der Waals surface area contributed by atoms with Gasteiger partial charge in [0.1, 0.15) is 0 Å². The van der Waals surface area contributed by atoms with Gasteiger partial charge in [-0.25, -0.2) is 9.48 Å². The zero-order chi connectivity index (χ0) is 15.5. The predicted molar refractivity (Wildman–Crippen MR) is 78.0 cm³/mol. The van der Waals surface area contributed by atoms with Gasteiger partial charge in [-0.3, -0.25) is 4.98 Å². The van der Waals surface area contributed by atoms with E-state index in [2.05, 4.69) is 15.3 Å². The average molecular weight is 288 g/mol. The molecule has 2 aromatic rings. The van der Waals surface area contributed by atoms with Crippen LogP contribution in [0.3, 0.4) is 0 Å². The highest BCUT2D eigenvalue weighted by atomic mass is 16.5. The van der Waals surface area contributed by atoms with E-state index >= 15 is 0 Å². The fourth-order valence-electron chi connectivity index (χ4n) is 2.16. The molecule has 0 amide bonds. The second kappa shape index (κ2) is 6.03. The van der Waals surface area contributed by atoms with Crippen LogP contribution in [0.15, 0.2) is 24.5 Å². The summed E-state index contributed by atoms with van der Waals surface area (Å²) < 4.78 is 6.81. The standard InChI is InChI=1S/C15H20N4O2/c1-5-21-14(20)12-13(15(2,3)4)19(18-17-12)10-11-6-8-16-9-7-11/h6-9H,5,10H2,1-4H3. The predicted octanol–water partition coefficient (Wildman–Crippen LogP) is 2.20. The third-order valence-corrected chi connectivity index (χ3v) is 3.00. The molecule has 0 bridgehead atoms. The lowest BCUT2D eigenvalue weighted by atomic mass is 9.90. The highest BCUT2D eigenvalue weighted by Crippen LogP contribution is 2.25. The van der Waals surface area contributed by atoms with Crippen LogP contribution in [0.4, 0.5) is 0 Å². The van der Waals surface area contributed by atoms with Crippen LogP contribution < -0.4 is 0 Å². The maximum absolute atomic E-state index is 12.0. The van der Waals surface area contributed by atoms with Gasteiger partial charge in [-0.15, -0.1) is 5.10 Å². The monoisotopic (exact) mass is 288 g/mol. The summed E-state index contributed by atoms with van der Waals surface area (Å²) in [4.78, 5) is 16.0. The molecular formula is C15H20N4O2. The molecule has 6 nitrogen and oxygen atoms in total. The minimum atomic E-state index is -0.427. The SMILES string of the molecule is CCOC(=O)c1nnn(Cc2ccncc2)c1C(C)(C)C. The van der Waals surface area contributed by atoms with E-state index in [1.54, 1.807) is 24.0 Å². The van der Waals surface area contributed by atoms with E-state index in [1.165, 1.54) is 0 Å². The first kappa shape index (κ1) is 15.2. The Balaban J connectivity index is 2.40. The summed E-state index contributed by atoms with van der Waals surface area (Å²) >= 11 is 0. The second-order valence-corrected chi connectivity index (χ2v) is 5.77. The Morgan fingerprint density at radius 2 is 1.95 bits per heavy atom. The molecule has 0 spiro atoms. The Hall–Kier alpha value is -2.24. The van der Waals surface area contributed by atoms with Crippen molar-refractivity contribution in [3.8, 4) is 0 Å². The van der Waals surface area contributed by atoms with Gasteiger partial charge in [0.15, 0.2) is 5.69 Å². The molecule has 0 aliphatic rings. The van der Waals surface area contributed by atoms with Crippen molar-refractivity contribution in [3.05, 3.63) is 41.5 Å². The van der Waals surface area contributed by atoms with Gasteiger partial charge in [-0.05, 0) is 24.6 Å². The van der Waals surface area contributed by atoms with E-state index in [1.807, 2.05) is 32.9 Å². The van der Waals surface area contributed by atoms with Crippen molar-refractivity contribution in [2.24, 2.45) is 0 Å². The van der Waals surface area contributed by atoms with Crippen molar-refractivity contribution in [1.82, 2.24) is 20.0 Å². The molecular weight excluding hydrogens is 268 g/mol. The smallest absolute Gasteiger partial charge is 0.360 e. The molecule has 0 aromatic carbocycles. The number of rotatable bonds is 4. The van der Waals surface area contributed by atoms with Crippen molar-refractivity contribution in [2.75, 3.05) is 6.61 Å². The van der Waals surface area contributed by atoms with Gasteiger partial charge in [0.05, 0.1) is 18.8 Å². The number of aromatic nitrogens is 4. The van der Waals surface area contributed by atoms with E-state index in [0.29, 0.717) is 18.8 Å². The van der Waals surface area contributed by atoms with Crippen LogP contribution in [0.5, 0.6) is 0 Å². The fraction of sp³-hybridized carbons (Fsp3) is 0.467. The molecule has 0 aliphatic heterocycles. The third kappa shape index (κ3) is 3.45. The van der Waals surface area contributed by atoms with Gasteiger partial charge in [0, 0.05) is 17.8 Å². The maximum Gasteiger partial charge on any atom is 0.360 e. The van der Waals surface area contributed by atoms with Crippen LogP contribution in [-0.4, -0.2) is 32.6 Å². The first-order valence-corrected chi connectivity index (χ1v) is 6.93. The molecule has 0 radical (unpaired) electrons. The Morgan fingerprint density at radius 1 is 1.29 bits per heavy atom. The lowest BCUT2D eigenvalue weighted by molar-refractivity contribution is 0.0516. The number of pyridine rings is 1. The molecule has 2 rings (SSSR count). The molecule has 0 unspecified atom stereocenters. The molecule has 0 atom stereocenters. The Labute approximate surface area is 124 Å². The molecule has 21 heavy (non-hydrogen) atoms. The van der Waals surface area contributed by atoms with Gasteiger partial charge in [0.25, 0.3) is 0 Å². The van der Waals surface area contributed by atoms with E-state index < -0.39 is 5.97 Å². The van der Waals surface area contributed by atoms with Crippen LogP contribution in [0, 0.1) is 0 Å². The average Bonchev–Trinajstić information content (AvgIpc) is 2.84. The van der Waals surface area contributed by atoms with Crippen molar-refractivity contribution in [3.63, 3.8) is 0 Å². The van der Waals surface area contributed by atoms with Gasteiger partial charge in [-0.2, -0.15) is 0 Å². The minimum Gasteiger partial charge on any atom is -0.461 e. The second-order valence-electron chi connectivity index (χ2n) is 5.77. The van der Waals surface area contributed by atoms with E-state index in [0.717, 1.165) is 11.3 Å². The molecule has 0 saturated carbocycles. The minimum absolute atomic E-state index is 0.265. The van der Waals surface area contributed by atoms with Crippen molar-refractivity contribution < 1.29 is 9.53 Å². The Kier molecular flexibility index (Phi) is 4.35. The zero-order valence-electron chi connectivity index (χ0n) is 12.8. The van der Waals surface area contributed by atoms with Crippen molar-refractivity contribution in [2.45, 2.75) is 39.7 Å². The topological polar surface area (TPSA) is 69.9 Å². The summed E-state index contributed by atoms with van der Waals surface area (Å²) in [7, 11) is 0. The first-order valence-electron chi connectivity index (χ1n) is 6.93. The number of carbonyl (C=O) groups is 1. The van der Waals surface area contributed by atoms with Crippen LogP contribution in [0.25, 0.3) is 0 Å². The van der Waals surface area contributed by atoms with Gasteiger partial charge in [0.2, 0.25) is 0 Å². The van der Waals surface area contributed by atoms with Crippen LogP contribution in [0.2, 0.25) is 0 Å². The number of esters is 1. The molecule has 6 heteroatoms. The molecule has 0 aliphatic carbocycles. The molecule has 0 saturated heterocycles. The summed E-state index contributed by atoms with van der Waals surface area (Å²) in [6.45, 7) is 8.71. The maximum atomic E-state index is 12.0. The van der Waals surface area contributed by atoms with Gasteiger partial charge >= 0.3 is 5.97 Å². The number of ether oxygens (including phenoxy) is 1. The van der Waals surface area contributed by atoms with Crippen molar-refractivity contribution >= 4 is 5.97 Å². The highest BCUT2D eigenvalue weighted by molar-refractivity contribution is 5.88. The largest absolute Gasteiger partial charge is 0.461 e. The number of hydrogen-bond acceptors (Lipinski definition) is 5. The lowest BCUT2D eigenvalue weighted by Crippen LogP contribution is -2.23. The Bertz CT molecular complexity index is 614. The van der Waals surface area contributed by atoms with E-state index in [-0.39, 0.29) is 5.41 Å². The normalized spacial score (nSPS) is 11.4. The molecule has 0 fully saturated rings. The number of nitrogens with zero attached hydrogens (tertiary/aromatic N) is 4. The summed E-state index contributed by atoms with van der Waals surface area (Å²) in [5.74, 6) is -0.427. The van der Waals surface area contributed by atoms with Gasteiger partial charge in [-0.1, -0.05) is 26.0 Å². The Morgan fingerprint density at radius 3 is 2.52 bits per heavy atom. The zero-order valence-corrected chi connectivity index (χ0v) is 12.8. The lowest BCUT2D eigenvalue weighted by Gasteiger charge is -2.20. The molecule has 112 valence electrons. The number of carbonyl (C=O) groups excluding carboxylic acids is 1. The third-order valence-electron chi connectivity index (χ3n) is 3.00. The highest BCUT2D eigenvalue weighted by Gasteiger charge is 2.29. The van der Waals surface area contributed by atoms with Crippen molar-refractivity contribution in [1.29, 1.82) is 0 Å². The number of hydrogen-bond donors (Lipinski definition) is 0. The summed E-state index contributed by atoms with van der Waals surface area (Å²) in [5.41, 5.74) is 1.85. The quantitative estimate of drug-likeness (QED) is 0.807. The summed E-state index contributed by atoms with van der Waals surface area (Å²) in [6, 6.07) is 3.83. The fourth-order valence-corrected chi connectivity index (χ4v) is 2.16. The first-order chi connectivity index (χ1) is 9.93. The molecule has 2 heterocycles. The van der Waals surface area contributed by atoms with E-state index in [4.69, 9.17) is 4.74 Å². The van der Waals surface area contributed by atoms with E-state index in [9.17, 15) is 4.79 Å². The van der Waals surface area contributed by atoms with Crippen LogP contribution in [0.1, 0.15) is 49.4 Å². The summed E-state index contributed by atoms with van der Waals surface area (Å²) in [5, 5.41) is 8.15. The van der Waals surface area contributed by atoms with Crippen LogP contribution in [-0.2, 0) is 16.7 Å². The van der Waals surface area contributed by atoms with Gasteiger partial charge < -0.3 is 4.74 Å². The molecule has 2 aromatic heterocycles. The molecule has 0 N–H and O–H groups in total. The summed E-state index contributed by atoms with van der Waals surface area (Å²) in [6.07, 6.45) is 3.46.